The van der Waals surface area contributed by atoms with E-state index >= 15 is 0 Å². The standard InChI is InChI=1S/C20H21ClFN3O2S/c21-17-4-2-1-3-14(17)11-23-18(26)9-16-10-19(27)25-20(24-16)28-12-13-5-7-15(22)8-6-13/h1-8,16,20,24H,9-12H2,(H,23,26)(H,25,27). The Hall–Kier alpha value is -2.09. The average molecular weight is 422 g/mol. The number of carbonyl (C=O) groups is 2. The molecule has 0 aliphatic carbocycles. The van der Waals surface area contributed by atoms with Gasteiger partial charge in [-0.25, -0.2) is 4.39 Å². The molecule has 1 saturated heterocycles. The van der Waals surface area contributed by atoms with Gasteiger partial charge in [0.2, 0.25) is 11.8 Å². The van der Waals surface area contributed by atoms with E-state index in [-0.39, 0.29) is 42.0 Å². The fourth-order valence-electron chi connectivity index (χ4n) is 2.86. The molecule has 0 radical (unpaired) electrons. The number of amides is 2. The molecule has 2 aromatic carbocycles. The van der Waals surface area contributed by atoms with Gasteiger partial charge in [-0.2, -0.15) is 0 Å². The zero-order valence-electron chi connectivity index (χ0n) is 15.1. The summed E-state index contributed by atoms with van der Waals surface area (Å²) in [6.45, 7) is 0.347. The second-order valence-electron chi connectivity index (χ2n) is 6.53. The first-order valence-corrected chi connectivity index (χ1v) is 10.3. The van der Waals surface area contributed by atoms with Crippen molar-refractivity contribution in [3.8, 4) is 0 Å². The Kier molecular flexibility index (Phi) is 7.30. The molecule has 2 unspecified atom stereocenters. The molecular formula is C20H21ClFN3O2S. The molecule has 1 heterocycles. The van der Waals surface area contributed by atoms with Crippen LogP contribution in [0.5, 0.6) is 0 Å². The van der Waals surface area contributed by atoms with E-state index in [4.69, 9.17) is 11.6 Å². The minimum absolute atomic E-state index is 0.0979. The summed E-state index contributed by atoms with van der Waals surface area (Å²) in [6.07, 6.45) is 0.443. The Bertz CT molecular complexity index is 834. The average Bonchev–Trinajstić information content (AvgIpc) is 2.66. The number of carbonyl (C=O) groups excluding carboxylic acids is 2. The first-order valence-electron chi connectivity index (χ1n) is 8.91. The SMILES string of the molecule is O=C(CC1CC(=O)NC(SCc2ccc(F)cc2)N1)NCc1ccccc1Cl. The summed E-state index contributed by atoms with van der Waals surface area (Å²) >= 11 is 7.58. The lowest BCUT2D eigenvalue weighted by atomic mass is 10.1. The van der Waals surface area contributed by atoms with Gasteiger partial charge in [-0.15, -0.1) is 11.8 Å². The number of thioether (sulfide) groups is 1. The van der Waals surface area contributed by atoms with Gasteiger partial charge < -0.3 is 10.6 Å². The zero-order chi connectivity index (χ0) is 19.9. The van der Waals surface area contributed by atoms with Crippen molar-refractivity contribution in [3.63, 3.8) is 0 Å². The van der Waals surface area contributed by atoms with Gasteiger partial charge in [-0.1, -0.05) is 41.9 Å². The Balaban J connectivity index is 1.47. The highest BCUT2D eigenvalue weighted by Crippen LogP contribution is 2.19. The van der Waals surface area contributed by atoms with Gasteiger partial charge in [0.1, 0.15) is 11.3 Å². The fourth-order valence-corrected chi connectivity index (χ4v) is 4.11. The molecule has 28 heavy (non-hydrogen) atoms. The molecule has 8 heteroatoms. The van der Waals surface area contributed by atoms with Crippen LogP contribution in [0.1, 0.15) is 24.0 Å². The third-order valence-corrected chi connectivity index (χ3v) is 5.76. The lowest BCUT2D eigenvalue weighted by Gasteiger charge is -2.31. The number of nitrogens with one attached hydrogen (secondary N) is 3. The second kappa shape index (κ2) is 9.91. The van der Waals surface area contributed by atoms with E-state index in [0.29, 0.717) is 17.3 Å². The number of hydrogen-bond acceptors (Lipinski definition) is 4. The van der Waals surface area contributed by atoms with E-state index in [0.717, 1.165) is 11.1 Å². The summed E-state index contributed by atoms with van der Waals surface area (Å²) in [4.78, 5) is 24.2. The summed E-state index contributed by atoms with van der Waals surface area (Å²) < 4.78 is 13.0. The predicted octanol–water partition coefficient (Wildman–Crippen LogP) is 3.18. The predicted molar refractivity (Wildman–Crippen MR) is 109 cm³/mol. The van der Waals surface area contributed by atoms with Gasteiger partial charge in [-0.05, 0) is 29.3 Å². The molecule has 2 aromatic rings. The van der Waals surface area contributed by atoms with Crippen molar-refractivity contribution in [2.24, 2.45) is 0 Å². The molecule has 3 rings (SSSR count). The number of rotatable bonds is 7. The minimum atomic E-state index is -0.298. The van der Waals surface area contributed by atoms with Crippen LogP contribution in [0.25, 0.3) is 0 Å². The van der Waals surface area contributed by atoms with Crippen LogP contribution in [-0.4, -0.2) is 23.4 Å². The molecule has 2 amide bonds. The monoisotopic (exact) mass is 421 g/mol. The van der Waals surface area contributed by atoms with E-state index in [1.54, 1.807) is 18.2 Å². The van der Waals surface area contributed by atoms with Crippen LogP contribution in [0.15, 0.2) is 48.5 Å². The highest BCUT2D eigenvalue weighted by molar-refractivity contribution is 7.99. The Labute approximate surface area is 172 Å². The normalized spacial score (nSPS) is 19.1. The topological polar surface area (TPSA) is 70.2 Å². The highest BCUT2D eigenvalue weighted by Gasteiger charge is 2.27. The zero-order valence-corrected chi connectivity index (χ0v) is 16.7. The quantitative estimate of drug-likeness (QED) is 0.642. The third-order valence-electron chi connectivity index (χ3n) is 4.31. The number of hydrogen-bond donors (Lipinski definition) is 3. The van der Waals surface area contributed by atoms with Crippen molar-refractivity contribution < 1.29 is 14.0 Å². The van der Waals surface area contributed by atoms with Gasteiger partial charge >= 0.3 is 0 Å². The van der Waals surface area contributed by atoms with E-state index in [2.05, 4.69) is 16.0 Å². The van der Waals surface area contributed by atoms with Crippen LogP contribution in [0, 0.1) is 5.82 Å². The molecule has 1 aliphatic rings. The van der Waals surface area contributed by atoms with Gasteiger partial charge in [0.25, 0.3) is 0 Å². The molecule has 0 bridgehead atoms. The van der Waals surface area contributed by atoms with Crippen LogP contribution >= 0.6 is 23.4 Å². The Morgan fingerprint density at radius 2 is 1.96 bits per heavy atom. The summed E-state index contributed by atoms with van der Waals surface area (Å²) in [5.41, 5.74) is 1.51. The van der Waals surface area contributed by atoms with Gasteiger partial charge in [-0.3, -0.25) is 14.9 Å². The van der Waals surface area contributed by atoms with Gasteiger partial charge in [0.05, 0.1) is 0 Å². The van der Waals surface area contributed by atoms with Crippen molar-refractivity contribution in [2.75, 3.05) is 0 Å². The van der Waals surface area contributed by atoms with Crippen molar-refractivity contribution in [3.05, 3.63) is 70.5 Å². The van der Waals surface area contributed by atoms with Crippen LogP contribution < -0.4 is 16.0 Å². The molecule has 1 aliphatic heterocycles. The third kappa shape index (κ3) is 6.22. The van der Waals surface area contributed by atoms with Crippen LogP contribution in [0.4, 0.5) is 4.39 Å². The lowest BCUT2D eigenvalue weighted by molar-refractivity contribution is -0.125. The summed E-state index contributed by atoms with van der Waals surface area (Å²) in [5.74, 6) is 0.0956. The van der Waals surface area contributed by atoms with Crippen molar-refractivity contribution in [1.82, 2.24) is 16.0 Å². The van der Waals surface area contributed by atoms with E-state index < -0.39 is 0 Å². The van der Waals surface area contributed by atoms with Crippen LogP contribution in [-0.2, 0) is 21.9 Å². The van der Waals surface area contributed by atoms with Crippen molar-refractivity contribution in [2.45, 2.75) is 36.7 Å². The molecule has 148 valence electrons. The number of halogens is 2. The largest absolute Gasteiger partial charge is 0.352 e. The minimum Gasteiger partial charge on any atom is -0.352 e. The Morgan fingerprint density at radius 1 is 1.21 bits per heavy atom. The molecule has 0 spiro atoms. The van der Waals surface area contributed by atoms with E-state index in [9.17, 15) is 14.0 Å². The van der Waals surface area contributed by atoms with Crippen molar-refractivity contribution >= 4 is 35.2 Å². The maximum absolute atomic E-state index is 13.0. The summed E-state index contributed by atoms with van der Waals surface area (Å²) in [5, 5.41) is 9.58. The smallest absolute Gasteiger partial charge is 0.223 e. The molecular weight excluding hydrogens is 401 g/mol. The molecule has 5 nitrogen and oxygen atoms in total. The van der Waals surface area contributed by atoms with Crippen molar-refractivity contribution in [1.29, 1.82) is 0 Å². The molecule has 0 saturated carbocycles. The maximum atomic E-state index is 13.0. The van der Waals surface area contributed by atoms with Crippen LogP contribution in [0.3, 0.4) is 0 Å². The van der Waals surface area contributed by atoms with Gasteiger partial charge in [0.15, 0.2) is 0 Å². The molecule has 1 fully saturated rings. The first kappa shape index (κ1) is 20.6. The fraction of sp³-hybridized carbons (Fsp3) is 0.300. The maximum Gasteiger partial charge on any atom is 0.223 e. The Morgan fingerprint density at radius 3 is 2.71 bits per heavy atom. The summed E-state index contributed by atoms with van der Waals surface area (Å²) in [6, 6.07) is 13.3. The highest BCUT2D eigenvalue weighted by atomic mass is 35.5. The lowest BCUT2D eigenvalue weighted by Crippen LogP contribution is -2.55. The summed E-state index contributed by atoms with van der Waals surface area (Å²) in [7, 11) is 0. The van der Waals surface area contributed by atoms with Gasteiger partial charge in [0, 0.05) is 36.2 Å². The molecule has 2 atom stereocenters. The second-order valence-corrected chi connectivity index (χ2v) is 8.03. The molecule has 0 aromatic heterocycles. The molecule has 3 N–H and O–H groups in total. The van der Waals surface area contributed by atoms with E-state index in [1.807, 2.05) is 18.2 Å². The van der Waals surface area contributed by atoms with Crippen LogP contribution in [0.2, 0.25) is 5.02 Å². The number of benzene rings is 2. The first-order chi connectivity index (χ1) is 13.5. The van der Waals surface area contributed by atoms with E-state index in [1.165, 1.54) is 23.9 Å².